The van der Waals surface area contributed by atoms with Crippen LogP contribution in [0.1, 0.15) is 17.3 Å². The second-order valence-electron chi connectivity index (χ2n) is 3.75. The average Bonchev–Trinajstić information content (AvgIpc) is 2.27. The molecule has 0 aromatic heterocycles. The molecular weight excluding hydrogens is 242 g/mol. The number of benzene rings is 1. The number of nitrogens with one attached hydrogen (secondary N) is 1. The molecule has 0 saturated heterocycles. The van der Waals surface area contributed by atoms with Gasteiger partial charge in [-0.05, 0) is 6.92 Å². The largest absolute Gasteiger partial charge is 0.392 e. The van der Waals surface area contributed by atoms with Crippen molar-refractivity contribution in [3.05, 3.63) is 35.9 Å². The zero-order valence-corrected chi connectivity index (χ0v) is 10.3. The first kappa shape index (κ1) is 13.8. The maximum absolute atomic E-state index is 11.6. The van der Waals surface area contributed by atoms with Gasteiger partial charge in [-0.25, -0.2) is 13.1 Å². The number of carbonyl (C=O) groups is 1. The lowest BCUT2D eigenvalue weighted by Gasteiger charge is -2.07. The quantitative estimate of drug-likeness (QED) is 0.712. The molecule has 2 N–H and O–H groups in total. The highest BCUT2D eigenvalue weighted by Crippen LogP contribution is 2.01. The van der Waals surface area contributed by atoms with E-state index < -0.39 is 27.7 Å². The minimum Gasteiger partial charge on any atom is -0.392 e. The number of carbonyl (C=O) groups excluding carboxylic acids is 1. The van der Waals surface area contributed by atoms with Crippen molar-refractivity contribution in [2.75, 3.05) is 12.3 Å². The number of hydrogen-bond acceptors (Lipinski definition) is 4. The van der Waals surface area contributed by atoms with Crippen LogP contribution < -0.4 is 4.72 Å². The molecule has 17 heavy (non-hydrogen) atoms. The summed E-state index contributed by atoms with van der Waals surface area (Å²) >= 11 is 0. The van der Waals surface area contributed by atoms with Crippen LogP contribution in [0.2, 0.25) is 0 Å². The van der Waals surface area contributed by atoms with Crippen molar-refractivity contribution >= 4 is 15.8 Å². The Bertz CT molecular complexity index is 468. The monoisotopic (exact) mass is 257 g/mol. The fraction of sp³-hybridized carbons (Fsp3) is 0.364. The molecule has 94 valence electrons. The maximum Gasteiger partial charge on any atom is 0.219 e. The van der Waals surface area contributed by atoms with Gasteiger partial charge in [0.1, 0.15) is 5.75 Å². The van der Waals surface area contributed by atoms with Crippen LogP contribution in [0.4, 0.5) is 0 Å². The molecule has 1 aromatic carbocycles. The van der Waals surface area contributed by atoms with Gasteiger partial charge in [0.15, 0.2) is 5.78 Å². The van der Waals surface area contributed by atoms with E-state index in [9.17, 15) is 13.2 Å². The van der Waals surface area contributed by atoms with Crippen molar-refractivity contribution in [3.8, 4) is 0 Å². The summed E-state index contributed by atoms with van der Waals surface area (Å²) in [7, 11) is -3.68. The van der Waals surface area contributed by atoms with E-state index in [-0.39, 0.29) is 6.54 Å². The molecule has 0 saturated carbocycles. The van der Waals surface area contributed by atoms with Crippen LogP contribution in [0.25, 0.3) is 0 Å². The fourth-order valence-electron chi connectivity index (χ4n) is 1.18. The van der Waals surface area contributed by atoms with Gasteiger partial charge in [-0.2, -0.15) is 0 Å². The Morgan fingerprint density at radius 1 is 1.35 bits per heavy atom. The van der Waals surface area contributed by atoms with E-state index in [0.29, 0.717) is 5.56 Å². The van der Waals surface area contributed by atoms with Gasteiger partial charge in [0, 0.05) is 12.1 Å². The standard InChI is InChI=1S/C11H15NO4S/c1-9(13)7-12-17(15,16)8-11(14)10-5-3-2-4-6-10/h2-6,9,12-13H,7-8H2,1H3. The van der Waals surface area contributed by atoms with Crippen LogP contribution in [0.15, 0.2) is 30.3 Å². The van der Waals surface area contributed by atoms with Crippen LogP contribution in [0.5, 0.6) is 0 Å². The highest BCUT2D eigenvalue weighted by atomic mass is 32.2. The zero-order chi connectivity index (χ0) is 12.9. The molecule has 1 aromatic rings. The molecule has 0 heterocycles. The van der Waals surface area contributed by atoms with Gasteiger partial charge in [0.25, 0.3) is 0 Å². The summed E-state index contributed by atoms with van der Waals surface area (Å²) in [5, 5.41) is 8.95. The Morgan fingerprint density at radius 3 is 2.47 bits per heavy atom. The van der Waals surface area contributed by atoms with E-state index in [1.54, 1.807) is 30.3 Å². The lowest BCUT2D eigenvalue weighted by molar-refractivity contribution is 0.102. The number of hydrogen-bond donors (Lipinski definition) is 2. The molecule has 0 aliphatic rings. The average molecular weight is 257 g/mol. The molecule has 0 bridgehead atoms. The maximum atomic E-state index is 11.6. The molecule has 1 rings (SSSR count). The minimum absolute atomic E-state index is 0.0929. The van der Waals surface area contributed by atoms with E-state index in [0.717, 1.165) is 0 Å². The lowest BCUT2D eigenvalue weighted by Crippen LogP contribution is -2.34. The summed E-state index contributed by atoms with van der Waals surface area (Å²) in [6.45, 7) is 1.37. The van der Waals surface area contributed by atoms with Crippen LogP contribution in [0.3, 0.4) is 0 Å². The van der Waals surface area contributed by atoms with Gasteiger partial charge in [-0.1, -0.05) is 30.3 Å². The minimum atomic E-state index is -3.68. The molecular formula is C11H15NO4S. The van der Waals surface area contributed by atoms with Crippen LogP contribution >= 0.6 is 0 Å². The summed E-state index contributed by atoms with van der Waals surface area (Å²) < 4.78 is 25.1. The molecule has 1 unspecified atom stereocenters. The SMILES string of the molecule is CC(O)CNS(=O)(=O)CC(=O)c1ccccc1. The van der Waals surface area contributed by atoms with Crippen molar-refractivity contribution in [1.29, 1.82) is 0 Å². The smallest absolute Gasteiger partial charge is 0.219 e. The summed E-state index contributed by atoms with van der Waals surface area (Å²) in [4.78, 5) is 11.6. The van der Waals surface area contributed by atoms with Crippen molar-refractivity contribution < 1.29 is 18.3 Å². The van der Waals surface area contributed by atoms with Crippen molar-refractivity contribution in [1.82, 2.24) is 4.72 Å². The number of aliphatic hydroxyl groups excluding tert-OH is 1. The Kier molecular flexibility index (Phi) is 4.80. The van der Waals surface area contributed by atoms with Crippen molar-refractivity contribution in [2.45, 2.75) is 13.0 Å². The van der Waals surface area contributed by atoms with Gasteiger partial charge < -0.3 is 5.11 Å². The first-order valence-electron chi connectivity index (χ1n) is 5.14. The summed E-state index contributed by atoms with van der Waals surface area (Å²) in [5.74, 6) is -1.08. The normalized spacial score (nSPS) is 13.3. The predicted octanol–water partition coefficient (Wildman–Crippen LogP) is 0.169. The van der Waals surface area contributed by atoms with Gasteiger partial charge in [0.2, 0.25) is 10.0 Å². The Morgan fingerprint density at radius 2 is 1.94 bits per heavy atom. The topological polar surface area (TPSA) is 83.5 Å². The van der Waals surface area contributed by atoms with Gasteiger partial charge >= 0.3 is 0 Å². The van der Waals surface area contributed by atoms with E-state index >= 15 is 0 Å². The second-order valence-corrected chi connectivity index (χ2v) is 5.55. The van der Waals surface area contributed by atoms with E-state index in [1.165, 1.54) is 6.92 Å². The predicted molar refractivity (Wildman–Crippen MR) is 64.2 cm³/mol. The van der Waals surface area contributed by atoms with E-state index in [2.05, 4.69) is 4.72 Å². The molecule has 5 nitrogen and oxygen atoms in total. The molecule has 6 heteroatoms. The molecule has 1 atom stereocenters. The van der Waals surface area contributed by atoms with Crippen LogP contribution in [0, 0.1) is 0 Å². The summed E-state index contributed by atoms with van der Waals surface area (Å²) in [6.07, 6.45) is -0.781. The Hall–Kier alpha value is -1.24. The second kappa shape index (κ2) is 5.90. The van der Waals surface area contributed by atoms with E-state index in [1.807, 2.05) is 0 Å². The summed E-state index contributed by atoms with van der Waals surface area (Å²) in [5.41, 5.74) is 0.356. The Balaban J connectivity index is 2.63. The van der Waals surface area contributed by atoms with Crippen molar-refractivity contribution in [2.24, 2.45) is 0 Å². The zero-order valence-electron chi connectivity index (χ0n) is 9.46. The highest BCUT2D eigenvalue weighted by molar-refractivity contribution is 7.90. The van der Waals surface area contributed by atoms with Gasteiger partial charge in [0.05, 0.1) is 6.10 Å². The molecule has 0 amide bonds. The Labute approximate surface area is 101 Å². The third kappa shape index (κ3) is 5.08. The van der Waals surface area contributed by atoms with Gasteiger partial charge in [-0.3, -0.25) is 4.79 Å². The third-order valence-electron chi connectivity index (χ3n) is 2.02. The number of rotatable bonds is 6. The fourth-order valence-corrected chi connectivity index (χ4v) is 2.29. The number of sulfonamides is 1. The van der Waals surface area contributed by atoms with Gasteiger partial charge in [-0.15, -0.1) is 0 Å². The highest BCUT2D eigenvalue weighted by Gasteiger charge is 2.17. The molecule has 0 aliphatic heterocycles. The molecule has 0 fully saturated rings. The lowest BCUT2D eigenvalue weighted by atomic mass is 10.2. The van der Waals surface area contributed by atoms with E-state index in [4.69, 9.17) is 5.11 Å². The first-order chi connectivity index (χ1) is 7.91. The number of Topliss-reactive ketones (excluding diaryl/α,β-unsaturated/α-hetero) is 1. The van der Waals surface area contributed by atoms with Crippen LogP contribution in [-0.2, 0) is 10.0 Å². The summed E-state index contributed by atoms with van der Waals surface area (Å²) in [6, 6.07) is 8.21. The first-order valence-corrected chi connectivity index (χ1v) is 6.79. The van der Waals surface area contributed by atoms with Crippen LogP contribution in [-0.4, -0.2) is 37.7 Å². The number of ketones is 1. The molecule has 0 spiro atoms. The molecule has 0 aliphatic carbocycles. The molecule has 0 radical (unpaired) electrons. The third-order valence-corrected chi connectivity index (χ3v) is 3.26. The number of aliphatic hydroxyl groups is 1. The van der Waals surface area contributed by atoms with Crippen molar-refractivity contribution in [3.63, 3.8) is 0 Å².